The first-order valence-corrected chi connectivity index (χ1v) is 10.3. The van der Waals surface area contributed by atoms with E-state index in [0.29, 0.717) is 5.56 Å². The third-order valence-electron chi connectivity index (χ3n) is 5.33. The van der Waals surface area contributed by atoms with Crippen LogP contribution in [-0.4, -0.2) is 11.0 Å². The monoisotopic (exact) mass is 420 g/mol. The van der Waals surface area contributed by atoms with Gasteiger partial charge in [0.25, 0.3) is 5.91 Å². The number of rotatable bonds is 2. The number of anilines is 1. The second-order valence-corrected chi connectivity index (χ2v) is 8.96. The second kappa shape index (κ2) is 6.32. The molecule has 0 fully saturated rings. The van der Waals surface area contributed by atoms with Crippen molar-refractivity contribution in [3.63, 3.8) is 0 Å². The lowest BCUT2D eigenvalue weighted by atomic mass is 9.85. The Hall–Kier alpha value is -1.53. The minimum absolute atomic E-state index is 0.0387. The van der Waals surface area contributed by atoms with E-state index in [1.807, 2.05) is 19.1 Å². The molecule has 2 aromatic rings. The first-order chi connectivity index (χ1) is 12.0. The molecular weight excluding hydrogens is 400 g/mol. The molecule has 25 heavy (non-hydrogen) atoms. The SMILES string of the molecule is CC[C@H]1CCc2c(sc3c2C(=O)N[C@H](c2cc(Br)cc(C)c2O)N3)C1. The Morgan fingerprint density at radius 1 is 1.36 bits per heavy atom. The number of amides is 1. The molecule has 1 amide bonds. The number of phenolic OH excluding ortho intramolecular Hbond substituents is 1. The Balaban J connectivity index is 1.71. The molecule has 0 saturated heterocycles. The molecule has 132 valence electrons. The number of hydrogen-bond donors (Lipinski definition) is 3. The standard InChI is InChI=1S/C19H21BrN2O2S/c1-3-10-4-5-12-14(7-10)25-19-15(12)18(24)21-17(22-19)13-8-11(20)6-9(2)16(13)23/h6,8,10,17,22-23H,3-5,7H2,1-2H3,(H,21,24)/t10-,17-/m0/s1. The number of carbonyl (C=O) groups is 1. The highest BCUT2D eigenvalue weighted by Gasteiger charge is 2.34. The first kappa shape index (κ1) is 16.9. The van der Waals surface area contributed by atoms with Crippen LogP contribution in [0.25, 0.3) is 0 Å². The fourth-order valence-electron chi connectivity index (χ4n) is 3.85. The molecule has 1 aliphatic heterocycles. The predicted octanol–water partition coefficient (Wildman–Crippen LogP) is 4.89. The summed E-state index contributed by atoms with van der Waals surface area (Å²) < 4.78 is 0.885. The molecule has 1 aliphatic carbocycles. The summed E-state index contributed by atoms with van der Waals surface area (Å²) in [5.74, 6) is 0.906. The van der Waals surface area contributed by atoms with Gasteiger partial charge in [-0.15, -0.1) is 11.3 Å². The van der Waals surface area contributed by atoms with Crippen molar-refractivity contribution in [2.75, 3.05) is 5.32 Å². The number of halogens is 1. The number of nitrogens with one attached hydrogen (secondary N) is 2. The van der Waals surface area contributed by atoms with Gasteiger partial charge in [-0.1, -0.05) is 29.3 Å². The lowest BCUT2D eigenvalue weighted by Gasteiger charge is -2.28. The summed E-state index contributed by atoms with van der Waals surface area (Å²) in [4.78, 5) is 14.1. The molecule has 0 saturated carbocycles. The number of carbonyl (C=O) groups excluding carboxylic acids is 1. The van der Waals surface area contributed by atoms with Gasteiger partial charge >= 0.3 is 0 Å². The van der Waals surface area contributed by atoms with Crippen molar-refractivity contribution in [1.82, 2.24) is 5.32 Å². The molecule has 2 atom stereocenters. The maximum atomic E-state index is 12.8. The van der Waals surface area contributed by atoms with Gasteiger partial charge < -0.3 is 15.7 Å². The summed E-state index contributed by atoms with van der Waals surface area (Å²) in [5, 5.41) is 17.8. The van der Waals surface area contributed by atoms with Crippen LogP contribution >= 0.6 is 27.3 Å². The highest BCUT2D eigenvalue weighted by Crippen LogP contribution is 2.44. The lowest BCUT2D eigenvalue weighted by molar-refractivity contribution is 0.0934. The summed E-state index contributed by atoms with van der Waals surface area (Å²) in [6.45, 7) is 4.09. The Bertz CT molecular complexity index is 862. The van der Waals surface area contributed by atoms with E-state index in [0.717, 1.165) is 45.8 Å². The van der Waals surface area contributed by atoms with Crippen molar-refractivity contribution in [3.8, 4) is 5.75 Å². The molecule has 0 bridgehead atoms. The van der Waals surface area contributed by atoms with Crippen LogP contribution < -0.4 is 10.6 Å². The topological polar surface area (TPSA) is 61.4 Å². The van der Waals surface area contributed by atoms with E-state index in [9.17, 15) is 9.90 Å². The van der Waals surface area contributed by atoms with Crippen LogP contribution in [-0.2, 0) is 12.8 Å². The van der Waals surface area contributed by atoms with E-state index < -0.39 is 6.17 Å². The van der Waals surface area contributed by atoms with Crippen molar-refractivity contribution in [2.45, 2.75) is 45.7 Å². The second-order valence-electron chi connectivity index (χ2n) is 6.94. The number of fused-ring (bicyclic) bond motifs is 3. The zero-order chi connectivity index (χ0) is 17.7. The third kappa shape index (κ3) is 2.85. The molecule has 2 heterocycles. The molecule has 2 aliphatic rings. The number of hydrogen-bond acceptors (Lipinski definition) is 4. The molecule has 1 aromatic carbocycles. The van der Waals surface area contributed by atoms with Gasteiger partial charge in [0.2, 0.25) is 0 Å². The van der Waals surface area contributed by atoms with E-state index >= 15 is 0 Å². The average Bonchev–Trinajstić information content (AvgIpc) is 2.95. The summed E-state index contributed by atoms with van der Waals surface area (Å²) >= 11 is 5.18. The smallest absolute Gasteiger partial charge is 0.256 e. The Kier molecular flexibility index (Phi) is 4.28. The van der Waals surface area contributed by atoms with Crippen molar-refractivity contribution in [3.05, 3.63) is 43.7 Å². The normalized spacial score (nSPS) is 22.0. The van der Waals surface area contributed by atoms with Gasteiger partial charge in [0.05, 0.1) is 5.56 Å². The van der Waals surface area contributed by atoms with Crippen LogP contribution in [0.3, 0.4) is 0 Å². The molecule has 4 rings (SSSR count). The summed E-state index contributed by atoms with van der Waals surface area (Å²) in [5.41, 5.74) is 3.51. The fourth-order valence-corrected chi connectivity index (χ4v) is 5.83. The van der Waals surface area contributed by atoms with E-state index in [1.165, 1.54) is 16.9 Å². The highest BCUT2D eigenvalue weighted by atomic mass is 79.9. The zero-order valence-electron chi connectivity index (χ0n) is 14.3. The highest BCUT2D eigenvalue weighted by molar-refractivity contribution is 9.10. The molecule has 4 nitrogen and oxygen atoms in total. The van der Waals surface area contributed by atoms with Crippen LogP contribution in [0.15, 0.2) is 16.6 Å². The quantitative estimate of drug-likeness (QED) is 0.647. The van der Waals surface area contributed by atoms with Gasteiger partial charge in [0, 0.05) is 14.9 Å². The number of phenols is 1. The van der Waals surface area contributed by atoms with Crippen molar-refractivity contribution in [1.29, 1.82) is 0 Å². The van der Waals surface area contributed by atoms with Gasteiger partial charge in [-0.25, -0.2) is 0 Å². The van der Waals surface area contributed by atoms with Crippen molar-refractivity contribution < 1.29 is 9.90 Å². The molecule has 0 unspecified atom stereocenters. The van der Waals surface area contributed by atoms with Gasteiger partial charge in [-0.3, -0.25) is 4.79 Å². The Labute approximate surface area is 159 Å². The molecular formula is C19H21BrN2O2S. The molecule has 3 N–H and O–H groups in total. The maximum Gasteiger partial charge on any atom is 0.256 e. The lowest BCUT2D eigenvalue weighted by Crippen LogP contribution is -2.38. The molecule has 6 heteroatoms. The predicted molar refractivity (Wildman–Crippen MR) is 104 cm³/mol. The van der Waals surface area contributed by atoms with E-state index in [-0.39, 0.29) is 11.7 Å². The van der Waals surface area contributed by atoms with E-state index in [2.05, 4.69) is 33.5 Å². The number of aryl methyl sites for hydroxylation is 1. The van der Waals surface area contributed by atoms with Crippen molar-refractivity contribution in [2.24, 2.45) is 5.92 Å². The summed E-state index contributed by atoms with van der Waals surface area (Å²) in [7, 11) is 0. The van der Waals surface area contributed by atoms with Crippen molar-refractivity contribution >= 4 is 38.2 Å². The number of aromatic hydroxyl groups is 1. The third-order valence-corrected chi connectivity index (χ3v) is 6.97. The average molecular weight is 421 g/mol. The fraction of sp³-hybridized carbons (Fsp3) is 0.421. The van der Waals surface area contributed by atoms with E-state index in [4.69, 9.17) is 0 Å². The van der Waals surface area contributed by atoms with Crippen LogP contribution in [0.4, 0.5) is 5.00 Å². The van der Waals surface area contributed by atoms with Gasteiger partial charge in [0.15, 0.2) is 0 Å². The van der Waals surface area contributed by atoms with Gasteiger partial charge in [0.1, 0.15) is 16.9 Å². The van der Waals surface area contributed by atoms with Crippen LogP contribution in [0.5, 0.6) is 5.75 Å². The molecule has 0 spiro atoms. The van der Waals surface area contributed by atoms with Crippen LogP contribution in [0.1, 0.15) is 57.9 Å². The molecule has 0 radical (unpaired) electrons. The van der Waals surface area contributed by atoms with Crippen LogP contribution in [0, 0.1) is 12.8 Å². The number of benzene rings is 1. The Morgan fingerprint density at radius 2 is 2.16 bits per heavy atom. The summed E-state index contributed by atoms with van der Waals surface area (Å²) in [6.07, 6.45) is 3.99. The van der Waals surface area contributed by atoms with Gasteiger partial charge in [-0.05, 0) is 55.4 Å². The largest absolute Gasteiger partial charge is 0.507 e. The van der Waals surface area contributed by atoms with Crippen LogP contribution in [0.2, 0.25) is 0 Å². The molecule has 1 aromatic heterocycles. The van der Waals surface area contributed by atoms with E-state index in [1.54, 1.807) is 11.3 Å². The number of thiophene rings is 1. The summed E-state index contributed by atoms with van der Waals surface area (Å²) in [6, 6.07) is 3.72. The van der Waals surface area contributed by atoms with Gasteiger partial charge in [-0.2, -0.15) is 0 Å². The minimum Gasteiger partial charge on any atom is -0.507 e. The Morgan fingerprint density at radius 3 is 2.92 bits per heavy atom. The zero-order valence-corrected chi connectivity index (χ0v) is 16.7. The first-order valence-electron chi connectivity index (χ1n) is 8.68. The minimum atomic E-state index is -0.418. The maximum absolute atomic E-state index is 12.8.